The fourth-order valence-corrected chi connectivity index (χ4v) is 4.31. The topological polar surface area (TPSA) is 90.7 Å². The van der Waals surface area contributed by atoms with E-state index in [0.29, 0.717) is 48.5 Å². The molecule has 0 aliphatic carbocycles. The number of imidazole rings is 1. The van der Waals surface area contributed by atoms with Crippen LogP contribution >= 0.6 is 0 Å². The summed E-state index contributed by atoms with van der Waals surface area (Å²) in [7, 11) is 3.74. The Hall–Kier alpha value is -3.04. The molecule has 4 aromatic rings. The third-order valence-corrected chi connectivity index (χ3v) is 5.93. The van der Waals surface area contributed by atoms with E-state index in [4.69, 9.17) is 9.26 Å². The average Bonchev–Trinajstić information content (AvgIpc) is 3.49. The summed E-state index contributed by atoms with van der Waals surface area (Å²) >= 11 is 0. The quantitative estimate of drug-likeness (QED) is 0.482. The third kappa shape index (κ3) is 3.10. The number of aromatic nitrogens is 5. The van der Waals surface area contributed by atoms with Gasteiger partial charge in [0.05, 0.1) is 17.6 Å². The Kier molecular flexibility index (Phi) is 4.84. The highest BCUT2D eigenvalue weighted by molar-refractivity contribution is 5.83. The zero-order chi connectivity index (χ0) is 20.7. The Labute approximate surface area is 172 Å². The Morgan fingerprint density at radius 1 is 1.27 bits per heavy atom. The van der Waals surface area contributed by atoms with Crippen LogP contribution in [0.5, 0.6) is 0 Å². The molecule has 0 N–H and O–H groups in total. The molecule has 1 aliphatic heterocycles. The number of likely N-dealkylation sites (tertiary alicyclic amines) is 1. The van der Waals surface area contributed by atoms with Gasteiger partial charge in [-0.3, -0.25) is 9.20 Å². The molecule has 1 aromatic carbocycles. The lowest BCUT2D eigenvalue weighted by atomic mass is 10.1. The van der Waals surface area contributed by atoms with E-state index in [-0.39, 0.29) is 5.56 Å². The molecule has 1 saturated heterocycles. The molecule has 4 heterocycles. The summed E-state index contributed by atoms with van der Waals surface area (Å²) in [4.78, 5) is 24.7. The Bertz CT molecular complexity index is 1260. The van der Waals surface area contributed by atoms with Crippen molar-refractivity contribution in [2.24, 2.45) is 0 Å². The number of likely N-dealkylation sites (N-methyl/N-ethyl adjacent to an activating group) is 1. The molecule has 1 aliphatic rings. The number of methoxy groups -OCH3 is 1. The summed E-state index contributed by atoms with van der Waals surface area (Å²) in [6.07, 6.45) is 4.66. The highest BCUT2D eigenvalue weighted by Crippen LogP contribution is 2.24. The number of ether oxygens (including phenoxy) is 1. The maximum absolute atomic E-state index is 13.4. The molecule has 156 valence electrons. The minimum atomic E-state index is -0.153. The molecule has 0 amide bonds. The van der Waals surface area contributed by atoms with Gasteiger partial charge in [0.2, 0.25) is 11.7 Å². The second-order valence-corrected chi connectivity index (χ2v) is 7.74. The zero-order valence-corrected chi connectivity index (χ0v) is 17.1. The van der Waals surface area contributed by atoms with E-state index in [0.717, 1.165) is 24.0 Å². The van der Waals surface area contributed by atoms with Gasteiger partial charge in [0.15, 0.2) is 0 Å². The molecule has 3 aromatic heterocycles. The summed E-state index contributed by atoms with van der Waals surface area (Å²) in [5.41, 5.74) is 2.44. The van der Waals surface area contributed by atoms with Gasteiger partial charge in [0, 0.05) is 26.1 Å². The average molecular weight is 408 g/mol. The molecule has 1 atom stereocenters. The highest BCUT2D eigenvalue weighted by Gasteiger charge is 2.25. The zero-order valence-electron chi connectivity index (χ0n) is 17.1. The largest absolute Gasteiger partial charge is 0.383 e. The molecule has 0 spiro atoms. The van der Waals surface area contributed by atoms with Crippen LogP contribution in [0.25, 0.3) is 28.1 Å². The first-order chi connectivity index (χ1) is 14.7. The van der Waals surface area contributed by atoms with Crippen LogP contribution in [0.3, 0.4) is 0 Å². The van der Waals surface area contributed by atoms with E-state index < -0.39 is 0 Å². The van der Waals surface area contributed by atoms with Crippen LogP contribution in [0.1, 0.15) is 18.7 Å². The van der Waals surface area contributed by atoms with Gasteiger partial charge in [-0.15, -0.1) is 0 Å². The molecule has 0 bridgehead atoms. The van der Waals surface area contributed by atoms with Crippen molar-refractivity contribution in [2.45, 2.75) is 31.8 Å². The van der Waals surface area contributed by atoms with Gasteiger partial charge in [-0.2, -0.15) is 4.98 Å². The van der Waals surface area contributed by atoms with Crippen LogP contribution in [0.4, 0.5) is 0 Å². The number of para-hydroxylation sites is 2. The molecule has 0 radical (unpaired) electrons. The SMILES string of the molecule is COCCn1c(=O)c2c(-c3noc(CC4CCCN4C)n3)ncn2c2ccccc21. The first-order valence-electron chi connectivity index (χ1n) is 10.2. The number of rotatable bonds is 6. The predicted molar refractivity (Wildman–Crippen MR) is 111 cm³/mol. The van der Waals surface area contributed by atoms with Crippen molar-refractivity contribution in [1.82, 2.24) is 29.0 Å². The lowest BCUT2D eigenvalue weighted by Crippen LogP contribution is -2.26. The molecule has 1 fully saturated rings. The number of fused-ring (bicyclic) bond motifs is 3. The lowest BCUT2D eigenvalue weighted by molar-refractivity contribution is 0.187. The fourth-order valence-electron chi connectivity index (χ4n) is 4.31. The van der Waals surface area contributed by atoms with Crippen molar-refractivity contribution in [2.75, 3.05) is 27.3 Å². The van der Waals surface area contributed by atoms with E-state index in [1.54, 1.807) is 22.4 Å². The monoisotopic (exact) mass is 408 g/mol. The van der Waals surface area contributed by atoms with Crippen LogP contribution in [-0.4, -0.2) is 62.3 Å². The van der Waals surface area contributed by atoms with Crippen molar-refractivity contribution in [1.29, 1.82) is 0 Å². The summed E-state index contributed by atoms with van der Waals surface area (Å²) in [5.74, 6) is 0.921. The minimum Gasteiger partial charge on any atom is -0.383 e. The first kappa shape index (κ1) is 19.0. The van der Waals surface area contributed by atoms with E-state index >= 15 is 0 Å². The maximum Gasteiger partial charge on any atom is 0.277 e. The van der Waals surface area contributed by atoms with E-state index in [9.17, 15) is 4.79 Å². The Balaban J connectivity index is 1.61. The van der Waals surface area contributed by atoms with Crippen LogP contribution < -0.4 is 5.56 Å². The fraction of sp³-hybridized carbons (Fsp3) is 0.429. The van der Waals surface area contributed by atoms with E-state index in [2.05, 4.69) is 27.1 Å². The standard InChI is InChI=1S/C21H24N6O3/c1-25-9-5-6-14(25)12-17-23-20(24-30-17)18-19-21(28)26(10-11-29-2)15-7-3-4-8-16(15)27(19)13-22-18/h3-4,7-8,13-14H,5-6,9-12H2,1-2H3. The first-order valence-corrected chi connectivity index (χ1v) is 10.2. The van der Waals surface area contributed by atoms with Crippen molar-refractivity contribution >= 4 is 16.6 Å². The summed E-state index contributed by atoms with van der Waals surface area (Å²) in [5, 5.41) is 4.14. The lowest BCUT2D eigenvalue weighted by Gasteiger charge is -2.16. The predicted octanol–water partition coefficient (Wildman–Crippen LogP) is 1.98. The minimum absolute atomic E-state index is 0.153. The van der Waals surface area contributed by atoms with Gasteiger partial charge >= 0.3 is 0 Å². The Morgan fingerprint density at radius 3 is 2.87 bits per heavy atom. The molecular weight excluding hydrogens is 384 g/mol. The number of hydrogen-bond donors (Lipinski definition) is 0. The second kappa shape index (κ2) is 7.66. The van der Waals surface area contributed by atoms with Crippen molar-refractivity contribution < 1.29 is 9.26 Å². The maximum atomic E-state index is 13.4. The Morgan fingerprint density at radius 2 is 2.10 bits per heavy atom. The normalized spacial score (nSPS) is 17.5. The van der Waals surface area contributed by atoms with Gasteiger partial charge in [-0.25, -0.2) is 4.98 Å². The second-order valence-electron chi connectivity index (χ2n) is 7.74. The highest BCUT2D eigenvalue weighted by atomic mass is 16.5. The molecule has 0 saturated carbocycles. The summed E-state index contributed by atoms with van der Waals surface area (Å²) in [6.45, 7) is 1.97. The number of hydrogen-bond acceptors (Lipinski definition) is 7. The van der Waals surface area contributed by atoms with Gasteiger partial charge in [-0.05, 0) is 38.6 Å². The molecular formula is C21H24N6O3. The molecule has 9 heteroatoms. The van der Waals surface area contributed by atoms with Crippen molar-refractivity contribution in [3.8, 4) is 11.5 Å². The van der Waals surface area contributed by atoms with Gasteiger partial charge in [0.1, 0.15) is 17.5 Å². The van der Waals surface area contributed by atoms with Crippen LogP contribution in [0, 0.1) is 0 Å². The molecule has 1 unspecified atom stereocenters. The third-order valence-electron chi connectivity index (χ3n) is 5.93. The molecule has 9 nitrogen and oxygen atoms in total. The number of benzene rings is 1. The van der Waals surface area contributed by atoms with Gasteiger partial charge < -0.3 is 18.7 Å². The van der Waals surface area contributed by atoms with Crippen molar-refractivity contribution in [3.05, 3.63) is 46.8 Å². The van der Waals surface area contributed by atoms with E-state index in [1.807, 2.05) is 24.3 Å². The molecule has 30 heavy (non-hydrogen) atoms. The van der Waals surface area contributed by atoms with Crippen LogP contribution in [0.2, 0.25) is 0 Å². The summed E-state index contributed by atoms with van der Waals surface area (Å²) < 4.78 is 14.2. The van der Waals surface area contributed by atoms with Crippen LogP contribution in [0.15, 0.2) is 39.9 Å². The van der Waals surface area contributed by atoms with E-state index in [1.165, 1.54) is 6.42 Å². The summed E-state index contributed by atoms with van der Waals surface area (Å²) in [6, 6.07) is 8.16. The smallest absolute Gasteiger partial charge is 0.277 e. The number of nitrogens with zero attached hydrogens (tertiary/aromatic N) is 6. The van der Waals surface area contributed by atoms with Crippen LogP contribution in [-0.2, 0) is 17.7 Å². The van der Waals surface area contributed by atoms with Gasteiger partial charge in [-0.1, -0.05) is 17.3 Å². The van der Waals surface area contributed by atoms with Crippen molar-refractivity contribution in [3.63, 3.8) is 0 Å². The van der Waals surface area contributed by atoms with Gasteiger partial charge in [0.25, 0.3) is 5.56 Å². The molecule has 5 rings (SSSR count).